The first-order valence-electron chi connectivity index (χ1n) is 7.24. The minimum absolute atomic E-state index is 0.119. The molecule has 1 fully saturated rings. The third-order valence-electron chi connectivity index (χ3n) is 3.77. The molecular weight excluding hydrogens is 325 g/mol. The van der Waals surface area contributed by atoms with Crippen molar-refractivity contribution in [2.75, 3.05) is 6.54 Å². The van der Waals surface area contributed by atoms with Gasteiger partial charge in [-0.15, -0.1) is 0 Å². The van der Waals surface area contributed by atoms with Gasteiger partial charge in [-0.25, -0.2) is 4.79 Å². The number of nitrogens with zero attached hydrogens (tertiary/aromatic N) is 1. The molecular formula is C15H19Cl2N3O2. The van der Waals surface area contributed by atoms with E-state index >= 15 is 0 Å². The lowest BCUT2D eigenvalue weighted by molar-refractivity contribution is -0.119. The number of nitrogens with one attached hydrogen (secondary N) is 1. The van der Waals surface area contributed by atoms with Gasteiger partial charge >= 0.3 is 6.03 Å². The molecule has 0 aliphatic carbocycles. The Morgan fingerprint density at radius 2 is 2.09 bits per heavy atom. The molecule has 7 heteroatoms. The monoisotopic (exact) mass is 343 g/mol. The van der Waals surface area contributed by atoms with Crippen molar-refractivity contribution in [3.63, 3.8) is 0 Å². The van der Waals surface area contributed by atoms with Crippen molar-refractivity contribution in [3.8, 4) is 0 Å². The molecule has 1 aliphatic rings. The molecule has 1 aromatic rings. The number of hydrogen-bond donors (Lipinski definition) is 2. The fourth-order valence-corrected chi connectivity index (χ4v) is 3.13. The van der Waals surface area contributed by atoms with Crippen molar-refractivity contribution in [2.24, 2.45) is 5.73 Å². The highest BCUT2D eigenvalue weighted by Crippen LogP contribution is 2.22. The third-order valence-corrected chi connectivity index (χ3v) is 4.36. The second-order valence-corrected chi connectivity index (χ2v) is 6.25. The molecule has 3 amide bonds. The maximum atomic E-state index is 12.3. The number of carbonyl (C=O) groups is 2. The number of nitrogens with two attached hydrogens (primary N) is 1. The summed E-state index contributed by atoms with van der Waals surface area (Å²) in [4.78, 5) is 25.2. The van der Waals surface area contributed by atoms with Gasteiger partial charge in [0.15, 0.2) is 0 Å². The van der Waals surface area contributed by atoms with Crippen LogP contribution in [-0.4, -0.2) is 29.4 Å². The Morgan fingerprint density at radius 1 is 1.32 bits per heavy atom. The fraction of sp³-hybridized carbons (Fsp3) is 0.467. The molecule has 1 aromatic carbocycles. The number of halogens is 2. The largest absolute Gasteiger partial charge is 0.370 e. The molecule has 22 heavy (non-hydrogen) atoms. The lowest BCUT2D eigenvalue weighted by Gasteiger charge is -2.35. The van der Waals surface area contributed by atoms with E-state index in [0.29, 0.717) is 23.1 Å². The number of hydrogen-bond acceptors (Lipinski definition) is 2. The molecule has 3 N–H and O–H groups in total. The first-order chi connectivity index (χ1) is 10.5. The van der Waals surface area contributed by atoms with Gasteiger partial charge in [0, 0.05) is 35.6 Å². The zero-order valence-corrected chi connectivity index (χ0v) is 13.7. The molecule has 0 spiro atoms. The molecule has 1 heterocycles. The Bertz CT molecular complexity index is 566. The van der Waals surface area contributed by atoms with Gasteiger partial charge in [-0.1, -0.05) is 29.3 Å². The second kappa shape index (κ2) is 7.70. The van der Waals surface area contributed by atoms with Crippen molar-refractivity contribution in [1.29, 1.82) is 0 Å². The van der Waals surface area contributed by atoms with Crippen LogP contribution < -0.4 is 11.1 Å². The molecule has 0 radical (unpaired) electrons. The topological polar surface area (TPSA) is 75.4 Å². The first-order valence-corrected chi connectivity index (χ1v) is 7.99. The molecule has 2 rings (SSSR count). The van der Waals surface area contributed by atoms with Crippen LogP contribution in [0.5, 0.6) is 0 Å². The Kier molecular flexibility index (Phi) is 5.91. The van der Waals surface area contributed by atoms with Crippen LogP contribution in [0.25, 0.3) is 0 Å². The highest BCUT2D eigenvalue weighted by molar-refractivity contribution is 6.35. The van der Waals surface area contributed by atoms with Crippen LogP contribution in [0.3, 0.4) is 0 Å². The van der Waals surface area contributed by atoms with E-state index in [1.807, 2.05) is 0 Å². The van der Waals surface area contributed by atoms with Crippen molar-refractivity contribution >= 4 is 35.1 Å². The highest BCUT2D eigenvalue weighted by Gasteiger charge is 2.27. The summed E-state index contributed by atoms with van der Waals surface area (Å²) in [5.74, 6) is -0.384. The predicted molar refractivity (Wildman–Crippen MR) is 86.9 cm³/mol. The molecule has 0 bridgehead atoms. The van der Waals surface area contributed by atoms with Crippen LogP contribution in [-0.2, 0) is 11.3 Å². The SMILES string of the molecule is NC(=O)C[C@H]1CCCCN1C(=O)NCc1ccc(Cl)cc1Cl. The van der Waals surface area contributed by atoms with Gasteiger partial charge < -0.3 is 16.0 Å². The third kappa shape index (κ3) is 4.52. The summed E-state index contributed by atoms with van der Waals surface area (Å²) in [6, 6.07) is 4.83. The number of piperidine rings is 1. The van der Waals surface area contributed by atoms with Crippen molar-refractivity contribution in [2.45, 2.75) is 38.3 Å². The molecule has 120 valence electrons. The molecule has 5 nitrogen and oxygen atoms in total. The summed E-state index contributed by atoms with van der Waals surface area (Å²) in [6.07, 6.45) is 2.95. The Labute approximate surface area is 139 Å². The fourth-order valence-electron chi connectivity index (χ4n) is 2.65. The zero-order chi connectivity index (χ0) is 16.1. The van der Waals surface area contributed by atoms with Crippen molar-refractivity contribution in [3.05, 3.63) is 33.8 Å². The molecule has 1 aliphatic heterocycles. The van der Waals surface area contributed by atoms with Crippen molar-refractivity contribution < 1.29 is 9.59 Å². The van der Waals surface area contributed by atoms with Gasteiger partial charge in [-0.3, -0.25) is 4.79 Å². The molecule has 0 aromatic heterocycles. The number of primary amides is 1. The Hall–Kier alpha value is -1.46. The second-order valence-electron chi connectivity index (χ2n) is 5.41. The number of carbonyl (C=O) groups excluding carboxylic acids is 2. The van der Waals surface area contributed by atoms with Crippen LogP contribution in [0.1, 0.15) is 31.2 Å². The van der Waals surface area contributed by atoms with E-state index in [-0.39, 0.29) is 24.4 Å². The maximum absolute atomic E-state index is 12.3. The number of rotatable bonds is 4. The first kappa shape index (κ1) is 16.9. The van der Waals surface area contributed by atoms with E-state index < -0.39 is 0 Å². The zero-order valence-electron chi connectivity index (χ0n) is 12.1. The summed E-state index contributed by atoms with van der Waals surface area (Å²) < 4.78 is 0. The number of amides is 3. The average molecular weight is 344 g/mol. The Morgan fingerprint density at radius 3 is 2.77 bits per heavy atom. The van der Waals surface area contributed by atoms with E-state index in [2.05, 4.69) is 5.32 Å². The van der Waals surface area contributed by atoms with Crippen LogP contribution in [0, 0.1) is 0 Å². The average Bonchev–Trinajstić information content (AvgIpc) is 2.46. The van der Waals surface area contributed by atoms with Gasteiger partial charge in [-0.05, 0) is 37.0 Å². The van der Waals surface area contributed by atoms with Gasteiger partial charge in [0.2, 0.25) is 5.91 Å². The van der Waals surface area contributed by atoms with Crippen molar-refractivity contribution in [1.82, 2.24) is 10.2 Å². The molecule has 0 unspecified atom stereocenters. The molecule has 1 saturated heterocycles. The number of urea groups is 1. The van der Waals surface area contributed by atoms with Gasteiger partial charge in [-0.2, -0.15) is 0 Å². The maximum Gasteiger partial charge on any atom is 0.317 e. The minimum atomic E-state index is -0.384. The van der Waals surface area contributed by atoms with E-state index in [9.17, 15) is 9.59 Å². The van der Waals surface area contributed by atoms with Crippen LogP contribution in [0.2, 0.25) is 10.0 Å². The van der Waals surface area contributed by atoms with E-state index in [1.54, 1.807) is 23.1 Å². The lowest BCUT2D eigenvalue weighted by atomic mass is 9.99. The minimum Gasteiger partial charge on any atom is -0.370 e. The standard InChI is InChI=1S/C15H19Cl2N3O2/c16-11-5-4-10(13(17)7-11)9-19-15(22)20-6-2-1-3-12(20)8-14(18)21/h4-5,7,12H,1-3,6,8-9H2,(H2,18,21)(H,19,22)/t12-/m1/s1. The number of likely N-dealkylation sites (tertiary alicyclic amines) is 1. The molecule has 1 atom stereocenters. The van der Waals surface area contributed by atoms with Crippen LogP contribution in [0.15, 0.2) is 18.2 Å². The summed E-state index contributed by atoms with van der Waals surface area (Å²) in [5, 5.41) is 3.91. The highest BCUT2D eigenvalue weighted by atomic mass is 35.5. The number of benzene rings is 1. The smallest absolute Gasteiger partial charge is 0.317 e. The lowest BCUT2D eigenvalue weighted by Crippen LogP contribution is -2.49. The van der Waals surface area contributed by atoms with Gasteiger partial charge in [0.05, 0.1) is 0 Å². The summed E-state index contributed by atoms with van der Waals surface area (Å²) in [6.45, 7) is 0.951. The normalized spacial score (nSPS) is 18.1. The summed E-state index contributed by atoms with van der Waals surface area (Å²) >= 11 is 11.9. The van der Waals surface area contributed by atoms with Gasteiger partial charge in [0.1, 0.15) is 0 Å². The quantitative estimate of drug-likeness (QED) is 0.881. The van der Waals surface area contributed by atoms with Crippen LogP contribution >= 0.6 is 23.2 Å². The summed E-state index contributed by atoms with van der Waals surface area (Å²) in [5.41, 5.74) is 6.05. The van der Waals surface area contributed by atoms with E-state index in [0.717, 1.165) is 24.8 Å². The van der Waals surface area contributed by atoms with E-state index in [4.69, 9.17) is 28.9 Å². The van der Waals surface area contributed by atoms with E-state index in [1.165, 1.54) is 0 Å². The summed E-state index contributed by atoms with van der Waals surface area (Å²) in [7, 11) is 0. The van der Waals surface area contributed by atoms with Crippen LogP contribution in [0.4, 0.5) is 4.79 Å². The molecule has 0 saturated carbocycles. The Balaban J connectivity index is 1.96. The van der Waals surface area contributed by atoms with Gasteiger partial charge in [0.25, 0.3) is 0 Å². The predicted octanol–water partition coefficient (Wildman–Crippen LogP) is 2.93.